The first-order valence-electron chi connectivity index (χ1n) is 7.88. The van der Waals surface area contributed by atoms with E-state index in [-0.39, 0.29) is 11.9 Å². The number of nitrogens with two attached hydrogens (primary N) is 1. The van der Waals surface area contributed by atoms with Crippen LogP contribution in [0.5, 0.6) is 5.75 Å². The third-order valence-corrected chi connectivity index (χ3v) is 4.23. The quantitative estimate of drug-likeness (QED) is 0.815. The van der Waals surface area contributed by atoms with E-state index in [9.17, 15) is 4.79 Å². The van der Waals surface area contributed by atoms with Crippen molar-refractivity contribution in [3.05, 3.63) is 29.8 Å². The molecule has 0 saturated carbocycles. The second-order valence-corrected chi connectivity index (χ2v) is 5.85. The minimum atomic E-state index is 0.0894. The van der Waals surface area contributed by atoms with E-state index in [0.717, 1.165) is 31.7 Å². The summed E-state index contributed by atoms with van der Waals surface area (Å²) in [5.41, 5.74) is 6.65. The van der Waals surface area contributed by atoms with Crippen molar-refractivity contribution < 1.29 is 14.3 Å². The van der Waals surface area contributed by atoms with Gasteiger partial charge in [-0.25, -0.2) is 0 Å². The molecule has 0 radical (unpaired) electrons. The number of likely N-dealkylation sites (tertiary alicyclic amines) is 1. The van der Waals surface area contributed by atoms with Crippen LogP contribution in [0.3, 0.4) is 0 Å². The lowest BCUT2D eigenvalue weighted by atomic mass is 9.90. The number of carbonyl (C=O) groups excluding carboxylic acids is 1. The molecule has 1 aromatic carbocycles. The SMILES string of the molecule is COCCOc1ccc(C(=O)N2CCC(C(C)N)CC2)cc1. The molecule has 5 nitrogen and oxygen atoms in total. The Kier molecular flexibility index (Phi) is 6.21. The maximum Gasteiger partial charge on any atom is 0.253 e. The number of nitrogens with zero attached hydrogens (tertiary/aromatic N) is 1. The lowest BCUT2D eigenvalue weighted by Crippen LogP contribution is -2.42. The summed E-state index contributed by atoms with van der Waals surface area (Å²) in [5, 5.41) is 0. The number of carbonyl (C=O) groups is 1. The predicted molar refractivity (Wildman–Crippen MR) is 86.1 cm³/mol. The summed E-state index contributed by atoms with van der Waals surface area (Å²) >= 11 is 0. The number of ether oxygens (including phenoxy) is 2. The van der Waals surface area contributed by atoms with Crippen LogP contribution in [-0.2, 0) is 4.74 Å². The van der Waals surface area contributed by atoms with Gasteiger partial charge in [0.15, 0.2) is 0 Å². The number of hydrogen-bond acceptors (Lipinski definition) is 4. The van der Waals surface area contributed by atoms with Gasteiger partial charge >= 0.3 is 0 Å². The predicted octanol–water partition coefficient (Wildman–Crippen LogP) is 1.91. The zero-order valence-electron chi connectivity index (χ0n) is 13.5. The van der Waals surface area contributed by atoms with Crippen LogP contribution in [0.1, 0.15) is 30.1 Å². The molecule has 1 aliphatic heterocycles. The highest BCUT2D eigenvalue weighted by atomic mass is 16.5. The van der Waals surface area contributed by atoms with Gasteiger partial charge in [-0.05, 0) is 49.9 Å². The fraction of sp³-hybridized carbons (Fsp3) is 0.588. The highest BCUT2D eigenvalue weighted by Crippen LogP contribution is 2.21. The molecule has 1 atom stereocenters. The maximum absolute atomic E-state index is 12.5. The molecule has 0 aliphatic carbocycles. The van der Waals surface area contributed by atoms with Gasteiger partial charge in [-0.15, -0.1) is 0 Å². The van der Waals surface area contributed by atoms with Crippen molar-refractivity contribution in [3.8, 4) is 5.75 Å². The van der Waals surface area contributed by atoms with Gasteiger partial charge in [0.2, 0.25) is 0 Å². The van der Waals surface area contributed by atoms with Crippen LogP contribution >= 0.6 is 0 Å². The molecule has 1 amide bonds. The molecule has 0 aromatic heterocycles. The monoisotopic (exact) mass is 306 g/mol. The third kappa shape index (κ3) is 4.45. The van der Waals surface area contributed by atoms with Gasteiger partial charge in [0.1, 0.15) is 12.4 Å². The van der Waals surface area contributed by atoms with Gasteiger partial charge in [0.05, 0.1) is 6.61 Å². The zero-order chi connectivity index (χ0) is 15.9. The molecular formula is C17H26N2O3. The Balaban J connectivity index is 1.87. The van der Waals surface area contributed by atoms with Gasteiger partial charge in [0, 0.05) is 31.8 Å². The summed E-state index contributed by atoms with van der Waals surface area (Å²) in [4.78, 5) is 14.4. The van der Waals surface area contributed by atoms with Crippen LogP contribution < -0.4 is 10.5 Å². The Morgan fingerprint density at radius 2 is 1.91 bits per heavy atom. The van der Waals surface area contributed by atoms with Crippen LogP contribution in [0.2, 0.25) is 0 Å². The van der Waals surface area contributed by atoms with Crippen LogP contribution in [0.25, 0.3) is 0 Å². The zero-order valence-corrected chi connectivity index (χ0v) is 13.5. The molecule has 5 heteroatoms. The molecular weight excluding hydrogens is 280 g/mol. The molecule has 1 aliphatic rings. The van der Waals surface area contributed by atoms with E-state index in [1.165, 1.54) is 0 Å². The standard InChI is InChI=1S/C17H26N2O3/c1-13(18)14-7-9-19(10-8-14)17(20)15-3-5-16(6-4-15)22-12-11-21-2/h3-6,13-14H,7-12,18H2,1-2H3. The fourth-order valence-electron chi connectivity index (χ4n) is 2.75. The van der Waals surface area contributed by atoms with Crippen LogP contribution in [0.4, 0.5) is 0 Å². The van der Waals surface area contributed by atoms with Crippen molar-refractivity contribution in [1.29, 1.82) is 0 Å². The van der Waals surface area contributed by atoms with Crippen molar-refractivity contribution in [2.24, 2.45) is 11.7 Å². The Morgan fingerprint density at radius 3 is 2.45 bits per heavy atom. The van der Waals surface area contributed by atoms with E-state index in [2.05, 4.69) is 0 Å². The Morgan fingerprint density at radius 1 is 1.27 bits per heavy atom. The van der Waals surface area contributed by atoms with Gasteiger partial charge in [-0.3, -0.25) is 4.79 Å². The Hall–Kier alpha value is -1.59. The molecule has 1 saturated heterocycles. The van der Waals surface area contributed by atoms with Crippen molar-refractivity contribution in [2.75, 3.05) is 33.4 Å². The Labute approximate surface area is 132 Å². The van der Waals surface area contributed by atoms with E-state index in [4.69, 9.17) is 15.2 Å². The third-order valence-electron chi connectivity index (χ3n) is 4.23. The number of rotatable bonds is 6. The lowest BCUT2D eigenvalue weighted by molar-refractivity contribution is 0.0681. The normalized spacial score (nSPS) is 17.3. The molecule has 1 heterocycles. The highest BCUT2D eigenvalue weighted by Gasteiger charge is 2.25. The topological polar surface area (TPSA) is 64.8 Å². The molecule has 0 bridgehead atoms. The van der Waals surface area contributed by atoms with E-state index >= 15 is 0 Å². The van der Waals surface area contributed by atoms with E-state index in [1.807, 2.05) is 36.1 Å². The van der Waals surface area contributed by atoms with E-state index in [1.54, 1.807) is 7.11 Å². The minimum absolute atomic E-state index is 0.0894. The van der Waals surface area contributed by atoms with Gasteiger partial charge in [-0.2, -0.15) is 0 Å². The molecule has 1 fully saturated rings. The van der Waals surface area contributed by atoms with Crippen molar-refractivity contribution in [1.82, 2.24) is 4.90 Å². The molecule has 122 valence electrons. The van der Waals surface area contributed by atoms with E-state index < -0.39 is 0 Å². The highest BCUT2D eigenvalue weighted by molar-refractivity contribution is 5.94. The van der Waals surface area contributed by atoms with Crippen LogP contribution in [0.15, 0.2) is 24.3 Å². The number of benzene rings is 1. The van der Waals surface area contributed by atoms with E-state index in [0.29, 0.717) is 24.7 Å². The Bertz CT molecular complexity index is 465. The summed E-state index contributed by atoms with van der Waals surface area (Å²) in [6.07, 6.45) is 1.98. The van der Waals surface area contributed by atoms with Gasteiger partial charge < -0.3 is 20.1 Å². The average Bonchev–Trinajstić information content (AvgIpc) is 2.55. The molecule has 2 rings (SSSR count). The number of methoxy groups -OCH3 is 1. The minimum Gasteiger partial charge on any atom is -0.491 e. The number of hydrogen-bond donors (Lipinski definition) is 1. The smallest absolute Gasteiger partial charge is 0.253 e. The number of amides is 1. The molecule has 0 spiro atoms. The fourth-order valence-corrected chi connectivity index (χ4v) is 2.75. The maximum atomic E-state index is 12.5. The van der Waals surface area contributed by atoms with Crippen LogP contribution in [-0.4, -0.2) is 50.3 Å². The summed E-state index contributed by atoms with van der Waals surface area (Å²) in [6, 6.07) is 7.51. The van der Waals surface area contributed by atoms with Crippen molar-refractivity contribution in [2.45, 2.75) is 25.8 Å². The second-order valence-electron chi connectivity index (χ2n) is 5.85. The molecule has 1 unspecified atom stereocenters. The first-order chi connectivity index (χ1) is 10.6. The van der Waals surface area contributed by atoms with Crippen molar-refractivity contribution >= 4 is 5.91 Å². The van der Waals surface area contributed by atoms with Crippen LogP contribution in [0, 0.1) is 5.92 Å². The summed E-state index contributed by atoms with van der Waals surface area (Å²) in [7, 11) is 1.64. The molecule has 1 aromatic rings. The van der Waals surface area contributed by atoms with Crippen molar-refractivity contribution in [3.63, 3.8) is 0 Å². The molecule has 2 N–H and O–H groups in total. The average molecular weight is 306 g/mol. The van der Waals surface area contributed by atoms with Gasteiger partial charge in [-0.1, -0.05) is 0 Å². The largest absolute Gasteiger partial charge is 0.491 e. The lowest BCUT2D eigenvalue weighted by Gasteiger charge is -2.33. The molecule has 22 heavy (non-hydrogen) atoms. The van der Waals surface area contributed by atoms with Gasteiger partial charge in [0.25, 0.3) is 5.91 Å². The second kappa shape index (κ2) is 8.15. The summed E-state index contributed by atoms with van der Waals surface area (Å²) < 4.78 is 10.4. The first kappa shape index (κ1) is 16.8. The summed E-state index contributed by atoms with van der Waals surface area (Å²) in [6.45, 7) is 4.68. The first-order valence-corrected chi connectivity index (χ1v) is 7.88. The number of piperidine rings is 1. The summed E-state index contributed by atoms with van der Waals surface area (Å²) in [5.74, 6) is 1.37.